The standard InChI is InChI=1S/C21H17ClF6N4O3S/c1-2-36(33,34)14-7-8-16(35-19(20(23,24)25)21(26,27)28)15(9-14)32-18-10-17(29-11-30-18)31-13-5-3-12(22)4-6-13/h3-11,19H,2H2,1H3,(H2,29,30,31,32). The normalized spacial score (nSPS) is 12.5. The van der Waals surface area contributed by atoms with Gasteiger partial charge in [0.05, 0.1) is 16.3 Å². The maximum Gasteiger partial charge on any atom is 0.434 e. The minimum Gasteiger partial charge on any atom is -0.469 e. The first-order valence-electron chi connectivity index (χ1n) is 9.97. The van der Waals surface area contributed by atoms with Gasteiger partial charge < -0.3 is 15.4 Å². The lowest BCUT2D eigenvalue weighted by Gasteiger charge is -2.25. The summed E-state index contributed by atoms with van der Waals surface area (Å²) >= 11 is 5.83. The van der Waals surface area contributed by atoms with Crippen LogP contribution in [0.15, 0.2) is 59.8 Å². The zero-order chi connectivity index (χ0) is 26.7. The molecule has 0 aliphatic heterocycles. The molecule has 0 aliphatic rings. The van der Waals surface area contributed by atoms with Gasteiger partial charge in [-0.2, -0.15) is 26.3 Å². The number of rotatable bonds is 8. The van der Waals surface area contributed by atoms with E-state index in [2.05, 4.69) is 25.3 Å². The van der Waals surface area contributed by atoms with Crippen LogP contribution in [0.5, 0.6) is 5.75 Å². The van der Waals surface area contributed by atoms with Gasteiger partial charge in [-0.1, -0.05) is 18.5 Å². The van der Waals surface area contributed by atoms with Gasteiger partial charge in [0.15, 0.2) is 9.84 Å². The molecule has 3 rings (SSSR count). The number of benzene rings is 2. The van der Waals surface area contributed by atoms with E-state index < -0.39 is 39.7 Å². The van der Waals surface area contributed by atoms with Crippen molar-refractivity contribution in [2.75, 3.05) is 16.4 Å². The quantitative estimate of drug-likeness (QED) is 0.316. The van der Waals surface area contributed by atoms with Crippen molar-refractivity contribution in [3.8, 4) is 5.75 Å². The van der Waals surface area contributed by atoms with Gasteiger partial charge in [-0.05, 0) is 42.5 Å². The molecule has 36 heavy (non-hydrogen) atoms. The van der Waals surface area contributed by atoms with Crippen LogP contribution in [0.4, 0.5) is 49.4 Å². The molecule has 2 N–H and O–H groups in total. The van der Waals surface area contributed by atoms with E-state index >= 15 is 0 Å². The van der Waals surface area contributed by atoms with Crippen LogP contribution in [-0.2, 0) is 9.84 Å². The predicted molar refractivity (Wildman–Crippen MR) is 121 cm³/mol. The molecule has 0 radical (unpaired) electrons. The Bertz CT molecular complexity index is 1300. The number of aromatic nitrogens is 2. The highest BCUT2D eigenvalue weighted by atomic mass is 35.5. The number of hydrogen-bond acceptors (Lipinski definition) is 7. The lowest BCUT2D eigenvalue weighted by molar-refractivity contribution is -0.299. The molecule has 0 bridgehead atoms. The maximum atomic E-state index is 13.1. The third kappa shape index (κ3) is 6.91. The molecule has 194 valence electrons. The molecule has 0 fully saturated rings. The number of nitrogens with zero attached hydrogens (tertiary/aromatic N) is 2. The Hall–Kier alpha value is -3.26. The number of anilines is 4. The summed E-state index contributed by atoms with van der Waals surface area (Å²) in [5, 5.41) is 5.91. The topological polar surface area (TPSA) is 93.2 Å². The van der Waals surface area contributed by atoms with Crippen LogP contribution in [0.3, 0.4) is 0 Å². The number of ether oxygens (including phenoxy) is 1. The SMILES string of the molecule is CCS(=O)(=O)c1ccc(OC(C(F)(F)F)C(F)(F)F)c(Nc2cc(Nc3ccc(Cl)cc3)ncn2)c1. The first kappa shape index (κ1) is 27.3. The minimum absolute atomic E-state index is 0.0760. The number of halogens is 7. The Morgan fingerprint density at radius 1 is 0.917 bits per heavy atom. The van der Waals surface area contributed by atoms with Crippen molar-refractivity contribution in [2.45, 2.75) is 30.3 Å². The van der Waals surface area contributed by atoms with Gasteiger partial charge in [-0.25, -0.2) is 18.4 Å². The monoisotopic (exact) mass is 554 g/mol. The number of sulfone groups is 1. The molecule has 0 saturated heterocycles. The third-order valence-corrected chi connectivity index (χ3v) is 6.56. The van der Waals surface area contributed by atoms with Crippen LogP contribution in [0.2, 0.25) is 5.02 Å². The molecule has 15 heteroatoms. The fourth-order valence-corrected chi connectivity index (χ4v) is 3.86. The second-order valence-electron chi connectivity index (χ2n) is 7.19. The molecule has 0 amide bonds. The predicted octanol–water partition coefficient (Wildman–Crippen LogP) is 6.28. The average Bonchev–Trinajstić information content (AvgIpc) is 2.78. The van der Waals surface area contributed by atoms with Crippen molar-refractivity contribution < 1.29 is 39.5 Å². The molecular formula is C21H17ClF6N4O3S. The van der Waals surface area contributed by atoms with Crippen LogP contribution in [0.25, 0.3) is 0 Å². The van der Waals surface area contributed by atoms with Crippen molar-refractivity contribution in [2.24, 2.45) is 0 Å². The highest BCUT2D eigenvalue weighted by Gasteiger charge is 2.59. The van der Waals surface area contributed by atoms with E-state index in [4.69, 9.17) is 11.6 Å². The van der Waals surface area contributed by atoms with Crippen LogP contribution >= 0.6 is 11.6 Å². The molecule has 0 aliphatic carbocycles. The Morgan fingerprint density at radius 2 is 1.50 bits per heavy atom. The van der Waals surface area contributed by atoms with E-state index in [1.807, 2.05) is 0 Å². The Kier molecular flexibility index (Phi) is 7.88. The molecule has 0 saturated carbocycles. The van der Waals surface area contributed by atoms with Gasteiger partial charge >= 0.3 is 12.4 Å². The highest BCUT2D eigenvalue weighted by molar-refractivity contribution is 7.91. The Morgan fingerprint density at radius 3 is 2.06 bits per heavy atom. The smallest absolute Gasteiger partial charge is 0.434 e. The van der Waals surface area contributed by atoms with Crippen molar-refractivity contribution in [1.29, 1.82) is 0 Å². The number of alkyl halides is 6. The fourth-order valence-electron chi connectivity index (χ4n) is 2.83. The first-order chi connectivity index (χ1) is 16.7. The van der Waals surface area contributed by atoms with Crippen molar-refractivity contribution in [3.05, 3.63) is 59.9 Å². The van der Waals surface area contributed by atoms with E-state index in [1.54, 1.807) is 24.3 Å². The largest absolute Gasteiger partial charge is 0.469 e. The summed E-state index contributed by atoms with van der Waals surface area (Å²) in [4.78, 5) is 7.53. The summed E-state index contributed by atoms with van der Waals surface area (Å²) < 4.78 is 107. The summed E-state index contributed by atoms with van der Waals surface area (Å²) in [7, 11) is -3.86. The third-order valence-electron chi connectivity index (χ3n) is 4.58. The van der Waals surface area contributed by atoms with Crippen molar-refractivity contribution in [3.63, 3.8) is 0 Å². The molecule has 3 aromatic rings. The lowest BCUT2D eigenvalue weighted by atomic mass is 10.2. The van der Waals surface area contributed by atoms with Crippen LogP contribution < -0.4 is 15.4 Å². The first-order valence-corrected chi connectivity index (χ1v) is 12.0. The van der Waals surface area contributed by atoms with E-state index in [0.29, 0.717) is 16.8 Å². The molecule has 1 heterocycles. The van der Waals surface area contributed by atoms with Gasteiger partial charge in [0.2, 0.25) is 0 Å². The maximum absolute atomic E-state index is 13.1. The molecule has 1 aromatic heterocycles. The molecule has 0 unspecified atom stereocenters. The zero-order valence-electron chi connectivity index (χ0n) is 18.2. The van der Waals surface area contributed by atoms with E-state index in [-0.39, 0.29) is 22.3 Å². The van der Waals surface area contributed by atoms with Gasteiger partial charge in [-0.3, -0.25) is 0 Å². The number of nitrogens with one attached hydrogen (secondary N) is 2. The van der Waals surface area contributed by atoms with Gasteiger partial charge in [0, 0.05) is 16.8 Å². The van der Waals surface area contributed by atoms with Gasteiger partial charge in [0.1, 0.15) is 23.7 Å². The molecule has 7 nitrogen and oxygen atoms in total. The van der Waals surface area contributed by atoms with Gasteiger partial charge in [0.25, 0.3) is 6.10 Å². The Labute approximate surface area is 206 Å². The second kappa shape index (κ2) is 10.4. The van der Waals surface area contributed by atoms with Crippen molar-refractivity contribution >= 4 is 44.4 Å². The molecule has 2 aromatic carbocycles. The fraction of sp³-hybridized carbons (Fsp3) is 0.238. The average molecular weight is 555 g/mol. The molecule has 0 atom stereocenters. The number of hydrogen-bond donors (Lipinski definition) is 2. The summed E-state index contributed by atoms with van der Waals surface area (Å²) in [5.74, 6) is -1.12. The molecule has 0 spiro atoms. The zero-order valence-corrected chi connectivity index (χ0v) is 19.7. The summed E-state index contributed by atoms with van der Waals surface area (Å²) in [6.07, 6.45) is -14.6. The highest BCUT2D eigenvalue weighted by Crippen LogP contribution is 2.40. The minimum atomic E-state index is -5.78. The van der Waals surface area contributed by atoms with Crippen LogP contribution in [0, 0.1) is 0 Å². The van der Waals surface area contributed by atoms with Crippen LogP contribution in [0.1, 0.15) is 6.92 Å². The molecular weight excluding hydrogens is 538 g/mol. The van der Waals surface area contributed by atoms with Crippen LogP contribution in [-0.4, -0.2) is 42.6 Å². The van der Waals surface area contributed by atoms with Gasteiger partial charge in [-0.15, -0.1) is 0 Å². The Balaban J connectivity index is 1.99. The van der Waals surface area contributed by atoms with E-state index in [1.165, 1.54) is 13.0 Å². The lowest BCUT2D eigenvalue weighted by Crippen LogP contribution is -2.46. The summed E-state index contributed by atoms with van der Waals surface area (Å²) in [5.41, 5.74) is 0.0847. The van der Waals surface area contributed by atoms with E-state index in [0.717, 1.165) is 18.5 Å². The second-order valence-corrected chi connectivity index (χ2v) is 9.90. The summed E-state index contributed by atoms with van der Waals surface area (Å²) in [6, 6.07) is 10.2. The van der Waals surface area contributed by atoms with E-state index in [9.17, 15) is 34.8 Å². The summed E-state index contributed by atoms with van der Waals surface area (Å²) in [6.45, 7) is 1.33. The van der Waals surface area contributed by atoms with Crippen molar-refractivity contribution in [1.82, 2.24) is 9.97 Å².